The van der Waals surface area contributed by atoms with Gasteiger partial charge in [-0.15, -0.1) is 10.3 Å². The summed E-state index contributed by atoms with van der Waals surface area (Å²) in [6.45, 7) is 20.1. The molecule has 294 valence electrons. The third-order valence-corrected chi connectivity index (χ3v) is 9.11. The first-order chi connectivity index (χ1) is 27.3. The van der Waals surface area contributed by atoms with Crippen molar-refractivity contribution in [1.29, 1.82) is 0 Å². The summed E-state index contributed by atoms with van der Waals surface area (Å²) in [5.41, 5.74) is 10.6. The van der Waals surface area contributed by atoms with Gasteiger partial charge < -0.3 is 9.73 Å². The number of para-hydroxylation sites is 1. The van der Waals surface area contributed by atoms with E-state index in [1.807, 2.05) is 146 Å². The molecule has 56 heavy (non-hydrogen) atoms. The Labute approximate surface area is 335 Å². The SMILES string of the molecule is C/C=C\C=C(/C)NC.C=C/C=C\C(=C(C)C)c1ccccc1C1=Cc2oc3c(N(F)N(N)C(c4ccccc4)c4ccccc4)cccc3c2CC1.CC.CC. The summed E-state index contributed by atoms with van der Waals surface area (Å²) < 4.78 is 22.9. The summed E-state index contributed by atoms with van der Waals surface area (Å²) in [4.78, 5) is 0. The number of furan rings is 1. The van der Waals surface area contributed by atoms with E-state index in [0.29, 0.717) is 10.8 Å². The largest absolute Gasteiger partial charge is 0.454 e. The summed E-state index contributed by atoms with van der Waals surface area (Å²) in [7, 11) is 1.91. The van der Waals surface area contributed by atoms with Crippen LogP contribution < -0.4 is 16.4 Å². The second kappa shape index (κ2) is 23.3. The van der Waals surface area contributed by atoms with Crippen molar-refractivity contribution in [3.05, 3.63) is 191 Å². The van der Waals surface area contributed by atoms with Gasteiger partial charge in [0.2, 0.25) is 0 Å². The molecule has 1 heterocycles. The fourth-order valence-electron chi connectivity index (χ4n) is 6.40. The Morgan fingerprint density at radius 2 is 1.43 bits per heavy atom. The molecular weight excluding hydrogens is 692 g/mol. The molecule has 0 spiro atoms. The molecule has 1 aromatic heterocycles. The molecule has 6 heteroatoms. The van der Waals surface area contributed by atoms with Crippen LogP contribution in [-0.2, 0) is 6.42 Å². The number of hydrazine groups is 2. The molecule has 0 amide bonds. The molecule has 3 N–H and O–H groups in total. The number of nitrogens with one attached hydrogen (secondary N) is 1. The van der Waals surface area contributed by atoms with Gasteiger partial charge in [-0.3, -0.25) is 0 Å². The van der Waals surface area contributed by atoms with E-state index in [0.717, 1.165) is 51.4 Å². The lowest BCUT2D eigenvalue weighted by Crippen LogP contribution is -2.46. The number of benzene rings is 4. The average Bonchev–Trinajstić information content (AvgIpc) is 3.63. The van der Waals surface area contributed by atoms with Crippen molar-refractivity contribution in [1.82, 2.24) is 10.4 Å². The van der Waals surface area contributed by atoms with Crippen molar-refractivity contribution < 1.29 is 8.90 Å². The van der Waals surface area contributed by atoms with Gasteiger partial charge in [0.25, 0.3) is 0 Å². The number of nitrogens with two attached hydrogens (primary N) is 1. The highest BCUT2D eigenvalue weighted by Gasteiger charge is 2.29. The lowest BCUT2D eigenvalue weighted by molar-refractivity contribution is 0.113. The molecule has 5 aromatic rings. The van der Waals surface area contributed by atoms with Gasteiger partial charge in [0.1, 0.15) is 11.4 Å². The van der Waals surface area contributed by atoms with Gasteiger partial charge in [-0.05, 0) is 92.2 Å². The Balaban J connectivity index is 0.000000619. The molecule has 0 radical (unpaired) electrons. The van der Waals surface area contributed by atoms with Crippen LogP contribution in [0.1, 0.15) is 101 Å². The van der Waals surface area contributed by atoms with E-state index in [9.17, 15) is 0 Å². The maximum atomic E-state index is 16.4. The van der Waals surface area contributed by atoms with Crippen LogP contribution in [0, 0.1) is 0 Å². The van der Waals surface area contributed by atoms with E-state index >= 15 is 4.48 Å². The van der Waals surface area contributed by atoms with Crippen molar-refractivity contribution in [3.63, 3.8) is 0 Å². The van der Waals surface area contributed by atoms with Crippen LogP contribution in [0.3, 0.4) is 0 Å². The molecule has 1 aliphatic carbocycles. The van der Waals surface area contributed by atoms with Crippen LogP contribution in [-0.4, -0.2) is 12.2 Å². The van der Waals surface area contributed by atoms with Crippen molar-refractivity contribution >= 4 is 33.9 Å². The number of allylic oxidation sites excluding steroid dienone is 10. The molecule has 0 fully saturated rings. The highest BCUT2D eigenvalue weighted by molar-refractivity contribution is 5.98. The normalized spacial score (nSPS) is 12.2. The topological polar surface area (TPSA) is 57.7 Å². The summed E-state index contributed by atoms with van der Waals surface area (Å²) in [6, 6.07) is 32.9. The number of hydrogen-bond donors (Lipinski definition) is 2. The maximum Gasteiger partial charge on any atom is 0.162 e. The lowest BCUT2D eigenvalue weighted by atomic mass is 9.86. The van der Waals surface area contributed by atoms with E-state index in [1.165, 1.54) is 28.0 Å². The minimum absolute atomic E-state index is 0.257. The third-order valence-electron chi connectivity index (χ3n) is 9.11. The number of anilines is 1. The van der Waals surface area contributed by atoms with E-state index < -0.39 is 6.04 Å². The predicted octanol–water partition coefficient (Wildman–Crippen LogP) is 13.8. The number of hydrogen-bond acceptors (Lipinski definition) is 5. The molecule has 0 aliphatic heterocycles. The van der Waals surface area contributed by atoms with E-state index in [4.69, 9.17) is 10.3 Å². The van der Waals surface area contributed by atoms with Gasteiger partial charge in [0.15, 0.2) is 5.58 Å². The van der Waals surface area contributed by atoms with Gasteiger partial charge in [-0.2, -0.15) is 0 Å². The second-order valence-electron chi connectivity index (χ2n) is 12.8. The molecule has 6 rings (SSSR count). The zero-order valence-electron chi connectivity index (χ0n) is 34.8. The van der Waals surface area contributed by atoms with E-state index in [2.05, 4.69) is 62.2 Å². The van der Waals surface area contributed by atoms with E-state index in [-0.39, 0.29) is 5.69 Å². The van der Waals surface area contributed by atoms with Gasteiger partial charge in [-0.25, -0.2) is 5.84 Å². The van der Waals surface area contributed by atoms with Gasteiger partial charge >= 0.3 is 0 Å². The first-order valence-corrected chi connectivity index (χ1v) is 19.7. The Kier molecular flexibility index (Phi) is 18.6. The van der Waals surface area contributed by atoms with E-state index in [1.54, 1.807) is 12.1 Å². The fourth-order valence-corrected chi connectivity index (χ4v) is 6.40. The fraction of sp³-hybridized carbons (Fsp3) is 0.240. The van der Waals surface area contributed by atoms with Crippen LogP contribution >= 0.6 is 0 Å². The van der Waals surface area contributed by atoms with Gasteiger partial charge in [0, 0.05) is 23.7 Å². The van der Waals surface area contributed by atoms with Crippen molar-refractivity contribution in [2.45, 2.75) is 74.3 Å². The number of aryl methyl sites for hydroxylation is 1. The quantitative estimate of drug-likeness (QED) is 0.0609. The minimum Gasteiger partial charge on any atom is -0.454 e. The molecule has 5 nitrogen and oxygen atoms in total. The summed E-state index contributed by atoms with van der Waals surface area (Å²) >= 11 is 0. The predicted molar refractivity (Wildman–Crippen MR) is 241 cm³/mol. The Hall–Kier alpha value is -5.69. The van der Waals surface area contributed by atoms with Crippen molar-refractivity contribution in [2.24, 2.45) is 5.84 Å². The standard InChI is InChI=1S/C39H36FN3O.C7H13N.2C2H6/c1-4-5-19-31(27(2)3)33-21-13-12-20-32(33)30-24-25-34-35-22-14-23-36(39(35)44-37(34)26-30)42(40)43(41)38(28-15-8-6-9-16-28)29-17-10-7-11-18-29;1-4-5-6-7(2)8-3;2*1-2/h4-23,26,38H,1,24-25,41H2,2-3H3;4-6,8H,1-3H3;2*1-2H3/b19-5-;5-4-,7-6+;;. The minimum atomic E-state index is -0.551. The molecule has 0 atom stereocenters. The van der Waals surface area contributed by atoms with Crippen LogP contribution in [0.2, 0.25) is 0 Å². The first-order valence-electron chi connectivity index (χ1n) is 19.7. The highest BCUT2D eigenvalue weighted by atomic mass is 19.2. The molecule has 4 aromatic carbocycles. The van der Waals surface area contributed by atoms with Crippen LogP contribution in [0.15, 0.2) is 162 Å². The molecular formula is C50H61FN4O. The highest BCUT2D eigenvalue weighted by Crippen LogP contribution is 2.42. The second-order valence-corrected chi connectivity index (χ2v) is 12.8. The monoisotopic (exact) mass is 752 g/mol. The third kappa shape index (κ3) is 11.2. The number of nitrogens with zero attached hydrogens (tertiary/aromatic N) is 2. The number of halogens is 1. The first kappa shape index (κ1) is 44.7. The molecule has 0 unspecified atom stereocenters. The lowest BCUT2D eigenvalue weighted by Gasteiger charge is -2.32. The maximum absolute atomic E-state index is 16.4. The number of fused-ring (bicyclic) bond motifs is 3. The molecule has 1 aliphatic rings. The summed E-state index contributed by atoms with van der Waals surface area (Å²) in [5.74, 6) is 7.34. The van der Waals surface area contributed by atoms with Gasteiger partial charge in [0.05, 0.1) is 6.04 Å². The zero-order valence-corrected chi connectivity index (χ0v) is 34.8. The molecule has 0 saturated carbocycles. The smallest absolute Gasteiger partial charge is 0.162 e. The Bertz CT molecular complexity index is 2080. The number of rotatable bonds is 11. The summed E-state index contributed by atoms with van der Waals surface area (Å²) in [6.07, 6.45) is 15.6. The van der Waals surface area contributed by atoms with Crippen LogP contribution in [0.5, 0.6) is 0 Å². The zero-order chi connectivity index (χ0) is 41.0. The van der Waals surface area contributed by atoms with Crippen LogP contribution in [0.4, 0.5) is 10.2 Å². The molecule has 0 saturated heterocycles. The van der Waals surface area contributed by atoms with Crippen LogP contribution in [0.25, 0.3) is 28.2 Å². The van der Waals surface area contributed by atoms with Gasteiger partial charge in [-0.1, -0.05) is 172 Å². The average molecular weight is 753 g/mol. The molecule has 0 bridgehead atoms. The Morgan fingerprint density at radius 1 is 0.821 bits per heavy atom. The van der Waals surface area contributed by atoms with Crippen molar-refractivity contribution in [2.75, 3.05) is 12.3 Å². The summed E-state index contributed by atoms with van der Waals surface area (Å²) in [5, 5.41) is 5.55. The Morgan fingerprint density at radius 3 is 2.00 bits per heavy atom. The van der Waals surface area contributed by atoms with Crippen molar-refractivity contribution in [3.8, 4) is 0 Å².